The second kappa shape index (κ2) is 13.0. The molecule has 1 saturated carbocycles. The van der Waals surface area contributed by atoms with Crippen LogP contribution in [0.5, 0.6) is 0 Å². The zero-order valence-corrected chi connectivity index (χ0v) is 25.9. The number of halogens is 1. The normalized spacial score (nSPS) is 24.1. The fourth-order valence-corrected chi connectivity index (χ4v) is 6.08. The number of allylic oxidation sites excluding steroid dienone is 2. The number of carbonyl (C=O) groups excluding carboxylic acids is 3. The highest BCUT2D eigenvalue weighted by Crippen LogP contribution is 2.36. The van der Waals surface area contributed by atoms with Crippen LogP contribution < -0.4 is 5.32 Å². The Hall–Kier alpha value is -3.23. The van der Waals surface area contributed by atoms with Crippen molar-refractivity contribution in [3.05, 3.63) is 53.9 Å². The van der Waals surface area contributed by atoms with Gasteiger partial charge in [0.1, 0.15) is 23.9 Å². The number of pyridine rings is 1. The molecule has 0 aromatic carbocycles. The van der Waals surface area contributed by atoms with Crippen LogP contribution in [-0.4, -0.2) is 69.1 Å². The van der Waals surface area contributed by atoms with Gasteiger partial charge >= 0.3 is 6.09 Å². The summed E-state index contributed by atoms with van der Waals surface area (Å²) in [6.45, 7) is 11.6. The minimum Gasteiger partial charge on any atom is -0.444 e. The number of hydrogen-bond acceptors (Lipinski definition) is 5. The zero-order chi connectivity index (χ0) is 30.7. The number of nitrogens with one attached hydrogen (secondary N) is 1. The molecule has 1 aromatic heterocycles. The smallest absolute Gasteiger partial charge is 0.411 e. The largest absolute Gasteiger partial charge is 0.444 e. The lowest BCUT2D eigenvalue weighted by Crippen LogP contribution is -2.57. The number of amides is 3. The van der Waals surface area contributed by atoms with E-state index in [0.717, 1.165) is 37.7 Å². The molecular weight excluding hydrogens is 535 g/mol. The third-order valence-corrected chi connectivity index (χ3v) is 8.24. The van der Waals surface area contributed by atoms with E-state index < -0.39 is 41.9 Å². The van der Waals surface area contributed by atoms with Gasteiger partial charge in [0.25, 0.3) is 0 Å². The Labute approximate surface area is 249 Å². The molecule has 1 saturated heterocycles. The topological polar surface area (TPSA) is 91.8 Å². The van der Waals surface area contributed by atoms with E-state index in [1.807, 2.05) is 12.2 Å². The maximum absolute atomic E-state index is 15.6. The molecule has 230 valence electrons. The predicted molar refractivity (Wildman–Crippen MR) is 160 cm³/mol. The van der Waals surface area contributed by atoms with E-state index in [1.165, 1.54) is 9.80 Å². The third-order valence-electron chi connectivity index (χ3n) is 8.24. The Balaban J connectivity index is 1.75. The molecule has 2 fully saturated rings. The van der Waals surface area contributed by atoms with E-state index >= 15 is 4.39 Å². The SMILES string of the molecule is CC(C)(C)OC(=O)N1CCC(F)C1C(=O)N(C1C=CC(C(C)(C)C)=CC1)C(C(=O)NC1CCCCC1)c1cccnc1. The zero-order valence-electron chi connectivity index (χ0n) is 25.9. The van der Waals surface area contributed by atoms with Gasteiger partial charge in [0.15, 0.2) is 0 Å². The van der Waals surface area contributed by atoms with E-state index in [-0.39, 0.29) is 30.3 Å². The lowest BCUT2D eigenvalue weighted by molar-refractivity contribution is -0.147. The molecule has 3 aliphatic rings. The fraction of sp³-hybridized carbons (Fsp3) is 0.636. The molecule has 4 atom stereocenters. The number of rotatable bonds is 6. The monoisotopic (exact) mass is 582 g/mol. The number of carbonyl (C=O) groups is 3. The molecule has 2 aliphatic carbocycles. The average Bonchev–Trinajstić information content (AvgIpc) is 3.32. The third kappa shape index (κ3) is 7.58. The van der Waals surface area contributed by atoms with Crippen molar-refractivity contribution in [1.82, 2.24) is 20.1 Å². The molecule has 1 aliphatic heterocycles. The van der Waals surface area contributed by atoms with E-state index in [2.05, 4.69) is 37.1 Å². The Morgan fingerprint density at radius 1 is 1.10 bits per heavy atom. The molecule has 4 unspecified atom stereocenters. The predicted octanol–water partition coefficient (Wildman–Crippen LogP) is 6.05. The summed E-state index contributed by atoms with van der Waals surface area (Å²) in [5.41, 5.74) is 0.753. The molecule has 0 spiro atoms. The highest BCUT2D eigenvalue weighted by atomic mass is 19.1. The molecule has 4 rings (SSSR count). The quantitative estimate of drug-likeness (QED) is 0.441. The number of aromatic nitrogens is 1. The van der Waals surface area contributed by atoms with Crippen LogP contribution >= 0.6 is 0 Å². The molecular formula is C33H47FN4O4. The number of ether oxygens (including phenoxy) is 1. The molecule has 9 heteroatoms. The second-order valence-electron chi connectivity index (χ2n) is 13.8. The minimum absolute atomic E-state index is 0.00956. The Morgan fingerprint density at radius 3 is 2.38 bits per heavy atom. The lowest BCUT2D eigenvalue weighted by Gasteiger charge is -2.41. The first kappa shape index (κ1) is 31.7. The van der Waals surface area contributed by atoms with Crippen molar-refractivity contribution in [3.8, 4) is 0 Å². The number of nitrogens with zero attached hydrogens (tertiary/aromatic N) is 3. The van der Waals surface area contributed by atoms with Crippen LogP contribution in [0.3, 0.4) is 0 Å². The highest BCUT2D eigenvalue weighted by Gasteiger charge is 2.49. The molecule has 1 N–H and O–H groups in total. The van der Waals surface area contributed by atoms with Crippen LogP contribution in [0.15, 0.2) is 48.3 Å². The van der Waals surface area contributed by atoms with Crippen molar-refractivity contribution < 1.29 is 23.5 Å². The van der Waals surface area contributed by atoms with E-state index in [0.29, 0.717) is 12.0 Å². The van der Waals surface area contributed by atoms with Crippen LogP contribution in [0.2, 0.25) is 0 Å². The summed E-state index contributed by atoms with van der Waals surface area (Å²) in [5, 5.41) is 3.19. The van der Waals surface area contributed by atoms with Crippen molar-refractivity contribution in [2.75, 3.05) is 6.54 Å². The van der Waals surface area contributed by atoms with Gasteiger partial charge in [-0.05, 0) is 63.5 Å². The molecule has 1 aromatic rings. The summed E-state index contributed by atoms with van der Waals surface area (Å²) in [7, 11) is 0. The molecule has 2 heterocycles. The second-order valence-corrected chi connectivity index (χ2v) is 13.8. The van der Waals surface area contributed by atoms with Crippen LogP contribution in [0.1, 0.15) is 98.1 Å². The van der Waals surface area contributed by atoms with Gasteiger partial charge in [-0.15, -0.1) is 0 Å². The highest BCUT2D eigenvalue weighted by molar-refractivity contribution is 5.93. The van der Waals surface area contributed by atoms with Gasteiger partial charge in [-0.3, -0.25) is 19.5 Å². The summed E-state index contributed by atoms with van der Waals surface area (Å²) in [4.78, 5) is 48.9. The van der Waals surface area contributed by atoms with Gasteiger partial charge in [0, 0.05) is 30.5 Å². The van der Waals surface area contributed by atoms with Gasteiger partial charge in [-0.25, -0.2) is 9.18 Å². The number of alkyl halides is 1. The Morgan fingerprint density at radius 2 is 1.81 bits per heavy atom. The minimum atomic E-state index is -1.59. The molecule has 8 nitrogen and oxygen atoms in total. The standard InChI is InChI=1S/C33H47FN4O4/c1-32(2,3)23-14-16-25(17-15-23)38(30(40)28-26(34)18-20-37(28)31(41)42-33(4,5)6)27(22-11-10-19-35-21-22)29(39)36-24-12-8-7-9-13-24/h10-11,14-16,19,21,24-28H,7-9,12-13,17-18,20H2,1-6H3,(H,36,39). The van der Waals surface area contributed by atoms with Crippen molar-refractivity contribution in [3.63, 3.8) is 0 Å². The average molecular weight is 583 g/mol. The maximum Gasteiger partial charge on any atom is 0.411 e. The van der Waals surface area contributed by atoms with Crippen LogP contribution in [0.25, 0.3) is 0 Å². The van der Waals surface area contributed by atoms with Gasteiger partial charge in [-0.1, -0.05) is 64.3 Å². The summed E-state index contributed by atoms with van der Waals surface area (Å²) in [5.74, 6) is -0.930. The number of hydrogen-bond donors (Lipinski definition) is 1. The maximum atomic E-state index is 15.6. The fourth-order valence-electron chi connectivity index (χ4n) is 6.08. The number of likely N-dealkylation sites (tertiary alicyclic amines) is 1. The van der Waals surface area contributed by atoms with Gasteiger partial charge in [-0.2, -0.15) is 0 Å². The van der Waals surface area contributed by atoms with E-state index in [1.54, 1.807) is 45.3 Å². The van der Waals surface area contributed by atoms with Crippen molar-refractivity contribution in [2.24, 2.45) is 5.41 Å². The summed E-state index contributed by atoms with van der Waals surface area (Å²) < 4.78 is 21.2. The molecule has 42 heavy (non-hydrogen) atoms. The molecule has 3 amide bonds. The van der Waals surface area contributed by atoms with E-state index in [4.69, 9.17) is 4.74 Å². The molecule has 0 bridgehead atoms. The lowest BCUT2D eigenvalue weighted by atomic mass is 9.82. The first-order chi connectivity index (χ1) is 19.8. The van der Waals surface area contributed by atoms with Crippen molar-refractivity contribution in [2.45, 2.75) is 122 Å². The van der Waals surface area contributed by atoms with Gasteiger partial charge in [0.2, 0.25) is 11.8 Å². The Bertz CT molecular complexity index is 1180. The van der Waals surface area contributed by atoms with Crippen LogP contribution in [0.4, 0.5) is 9.18 Å². The molecule has 0 radical (unpaired) electrons. The summed E-state index contributed by atoms with van der Waals surface area (Å²) >= 11 is 0. The van der Waals surface area contributed by atoms with Crippen LogP contribution in [0, 0.1) is 5.41 Å². The first-order valence-electron chi connectivity index (χ1n) is 15.3. The Kier molecular flexibility index (Phi) is 9.78. The van der Waals surface area contributed by atoms with Gasteiger partial charge < -0.3 is 15.0 Å². The van der Waals surface area contributed by atoms with Crippen LogP contribution in [-0.2, 0) is 14.3 Å². The summed E-state index contributed by atoms with van der Waals surface area (Å²) in [6.07, 6.45) is 12.3. The summed E-state index contributed by atoms with van der Waals surface area (Å²) in [6, 6.07) is 0.528. The van der Waals surface area contributed by atoms with Gasteiger partial charge in [0.05, 0.1) is 6.04 Å². The van der Waals surface area contributed by atoms with E-state index in [9.17, 15) is 14.4 Å². The van der Waals surface area contributed by atoms with Crippen molar-refractivity contribution in [1.29, 1.82) is 0 Å². The van der Waals surface area contributed by atoms with Crippen molar-refractivity contribution >= 4 is 17.9 Å². The first-order valence-corrected chi connectivity index (χ1v) is 15.3.